The molecule has 0 bridgehead atoms. The van der Waals surface area contributed by atoms with Crippen LogP contribution in [0.4, 0.5) is 0 Å². The van der Waals surface area contributed by atoms with Crippen LogP contribution in [0.1, 0.15) is 68.7 Å². The van der Waals surface area contributed by atoms with Gasteiger partial charge in [0.15, 0.2) is 0 Å². The molecule has 154 valence electrons. The number of hydrogen-bond donors (Lipinski definition) is 0. The van der Waals surface area contributed by atoms with E-state index in [1.54, 1.807) is 0 Å². The number of imidazole rings is 1. The molecule has 1 aliphatic heterocycles. The molecule has 2 heteroatoms. The van der Waals surface area contributed by atoms with Crippen LogP contribution in [0.5, 0.6) is 0 Å². The summed E-state index contributed by atoms with van der Waals surface area (Å²) in [5.41, 5.74) is 8.30. The van der Waals surface area contributed by atoms with Crippen molar-refractivity contribution in [2.45, 2.75) is 71.3 Å². The molecule has 0 fully saturated rings. The molecule has 0 saturated carbocycles. The quantitative estimate of drug-likeness (QED) is 0.350. The van der Waals surface area contributed by atoms with Gasteiger partial charge >= 0.3 is 0 Å². The topological polar surface area (TPSA) is 8.81 Å². The Kier molecular flexibility index (Phi) is 4.16. The maximum Gasteiger partial charge on any atom is 0.295 e. The highest BCUT2D eigenvalue weighted by Gasteiger charge is 2.59. The summed E-state index contributed by atoms with van der Waals surface area (Å²) in [6.45, 7) is 13.9. The number of allylic oxidation sites excluding steroid dienone is 2. The zero-order valence-corrected chi connectivity index (χ0v) is 19.2. The third-order valence-corrected chi connectivity index (χ3v) is 8.05. The highest BCUT2D eigenvalue weighted by atomic mass is 15.2. The summed E-state index contributed by atoms with van der Waals surface area (Å²) in [5.74, 6) is 1.93. The van der Waals surface area contributed by atoms with Gasteiger partial charge in [0.25, 0.3) is 5.82 Å². The lowest BCUT2D eigenvalue weighted by atomic mass is 9.57. The molecule has 2 unspecified atom stereocenters. The summed E-state index contributed by atoms with van der Waals surface area (Å²) < 4.78 is 4.92. The van der Waals surface area contributed by atoms with E-state index in [9.17, 15) is 0 Å². The molecule has 0 amide bonds. The number of fused-ring (bicyclic) bond motifs is 6. The molecule has 0 spiro atoms. The summed E-state index contributed by atoms with van der Waals surface area (Å²) in [6, 6.07) is 13.8. The third kappa shape index (κ3) is 2.28. The van der Waals surface area contributed by atoms with Crippen molar-refractivity contribution in [3.8, 4) is 17.1 Å². The van der Waals surface area contributed by atoms with Gasteiger partial charge in [0.1, 0.15) is 23.6 Å². The molecule has 0 N–H and O–H groups in total. The summed E-state index contributed by atoms with van der Waals surface area (Å²) in [6.07, 6.45) is 11.7. The minimum Gasteiger partial charge on any atom is -0.220 e. The Labute approximate surface area is 180 Å². The molecule has 2 aliphatic rings. The molecule has 0 radical (unpaired) electrons. The first-order valence-corrected chi connectivity index (χ1v) is 11.4. The Bertz CT molecular complexity index is 1150. The fraction of sp³-hybridized carbons (Fsp3) is 0.393. The lowest BCUT2D eigenvalue weighted by Gasteiger charge is -2.50. The molecule has 2 aromatic carbocycles. The monoisotopic (exact) mass is 397 g/mol. The second-order valence-corrected chi connectivity index (χ2v) is 9.61. The molecule has 2 atom stereocenters. The number of benzene rings is 2. The van der Waals surface area contributed by atoms with Gasteiger partial charge in [0.05, 0.1) is 11.0 Å². The normalized spacial score (nSPS) is 23.7. The molecule has 2 heterocycles. The average molecular weight is 398 g/mol. The Hall–Kier alpha value is -2.61. The molecule has 2 nitrogen and oxygen atoms in total. The highest BCUT2D eigenvalue weighted by Crippen LogP contribution is 2.53. The van der Waals surface area contributed by atoms with Gasteiger partial charge in [-0.3, -0.25) is 0 Å². The van der Waals surface area contributed by atoms with E-state index in [0.29, 0.717) is 5.92 Å². The number of rotatable bonds is 4. The zero-order valence-electron chi connectivity index (χ0n) is 19.2. The molecule has 0 saturated heterocycles. The van der Waals surface area contributed by atoms with Gasteiger partial charge in [-0.15, -0.1) is 0 Å². The molecule has 5 rings (SSSR count). The van der Waals surface area contributed by atoms with Crippen molar-refractivity contribution in [1.82, 2.24) is 4.57 Å². The first-order valence-electron chi connectivity index (χ1n) is 11.4. The summed E-state index contributed by atoms with van der Waals surface area (Å²) in [7, 11) is 0. The number of nitrogens with zero attached hydrogens (tertiary/aromatic N) is 2. The first kappa shape index (κ1) is 19.4. The number of hydrogen-bond acceptors (Lipinski definition) is 0. The van der Waals surface area contributed by atoms with Crippen molar-refractivity contribution < 1.29 is 4.57 Å². The highest BCUT2D eigenvalue weighted by molar-refractivity contribution is 5.69. The Morgan fingerprint density at radius 1 is 0.967 bits per heavy atom. The second kappa shape index (κ2) is 6.44. The van der Waals surface area contributed by atoms with Gasteiger partial charge in [0.2, 0.25) is 0 Å². The smallest absolute Gasteiger partial charge is 0.220 e. The SMILES string of the molecule is CCC(CC)c1cc(C)c(-n2cc[n+]3c2-c2ccccc2C2(C)C=CC32C)c(C)c1. The van der Waals surface area contributed by atoms with Crippen LogP contribution in [0, 0.1) is 13.8 Å². The van der Waals surface area contributed by atoms with E-state index in [0.717, 1.165) is 0 Å². The van der Waals surface area contributed by atoms with Crippen LogP contribution in [0.15, 0.2) is 60.9 Å². The van der Waals surface area contributed by atoms with Crippen molar-refractivity contribution in [2.24, 2.45) is 0 Å². The van der Waals surface area contributed by atoms with E-state index >= 15 is 0 Å². The molecule has 30 heavy (non-hydrogen) atoms. The predicted octanol–water partition coefficient (Wildman–Crippen LogP) is 6.51. The van der Waals surface area contributed by atoms with Crippen molar-refractivity contribution in [3.63, 3.8) is 0 Å². The van der Waals surface area contributed by atoms with Crippen molar-refractivity contribution in [3.05, 3.63) is 83.2 Å². The van der Waals surface area contributed by atoms with Crippen LogP contribution < -0.4 is 4.57 Å². The third-order valence-electron chi connectivity index (χ3n) is 8.05. The lowest BCUT2D eigenvalue weighted by molar-refractivity contribution is -0.753. The van der Waals surface area contributed by atoms with Crippen molar-refractivity contribution >= 4 is 0 Å². The van der Waals surface area contributed by atoms with Crippen LogP contribution in [-0.4, -0.2) is 4.57 Å². The van der Waals surface area contributed by atoms with Gasteiger partial charge in [-0.2, -0.15) is 4.57 Å². The van der Waals surface area contributed by atoms with Gasteiger partial charge in [-0.25, -0.2) is 4.57 Å². The Balaban J connectivity index is 1.75. The average Bonchev–Trinajstić information content (AvgIpc) is 3.16. The lowest BCUT2D eigenvalue weighted by Crippen LogP contribution is -2.69. The van der Waals surface area contributed by atoms with Crippen LogP contribution in [0.2, 0.25) is 0 Å². The standard InChI is InChI=1S/C28H33N2/c1-7-21(8-2)22-17-19(3)25(20(4)18-22)29-15-16-30-26(29)23-11-9-10-12-24(23)27(5)13-14-28(27,30)6/h9-18,21H,7-8H2,1-6H3/q+1. The largest absolute Gasteiger partial charge is 0.295 e. The minimum absolute atomic E-state index is 0.0286. The van der Waals surface area contributed by atoms with Crippen LogP contribution in [0.25, 0.3) is 17.1 Å². The maximum atomic E-state index is 2.49. The Morgan fingerprint density at radius 2 is 1.63 bits per heavy atom. The summed E-state index contributed by atoms with van der Waals surface area (Å²) in [5, 5.41) is 0. The second-order valence-electron chi connectivity index (χ2n) is 9.61. The van der Waals surface area contributed by atoms with Crippen LogP contribution in [-0.2, 0) is 11.0 Å². The van der Waals surface area contributed by atoms with E-state index in [1.165, 1.54) is 52.2 Å². The summed E-state index contributed by atoms with van der Waals surface area (Å²) >= 11 is 0. The Morgan fingerprint density at radius 3 is 2.23 bits per heavy atom. The van der Waals surface area contributed by atoms with Gasteiger partial charge in [-0.05, 0) is 80.9 Å². The molecule has 1 aromatic heterocycles. The van der Waals surface area contributed by atoms with Gasteiger partial charge in [0, 0.05) is 0 Å². The van der Waals surface area contributed by atoms with Crippen LogP contribution in [0.3, 0.4) is 0 Å². The van der Waals surface area contributed by atoms with Crippen molar-refractivity contribution in [1.29, 1.82) is 0 Å². The molecule has 3 aromatic rings. The van der Waals surface area contributed by atoms with Crippen LogP contribution >= 0.6 is 0 Å². The molecule has 1 aliphatic carbocycles. The predicted molar refractivity (Wildman–Crippen MR) is 124 cm³/mol. The number of aromatic nitrogens is 2. The van der Waals surface area contributed by atoms with E-state index < -0.39 is 0 Å². The molecular formula is C28H33N2+. The summed E-state index contributed by atoms with van der Waals surface area (Å²) in [4.78, 5) is 0. The van der Waals surface area contributed by atoms with Gasteiger partial charge in [-0.1, -0.05) is 50.3 Å². The molecular weight excluding hydrogens is 364 g/mol. The van der Waals surface area contributed by atoms with Crippen molar-refractivity contribution in [2.75, 3.05) is 0 Å². The maximum absolute atomic E-state index is 2.49. The minimum atomic E-state index is -0.0286. The van der Waals surface area contributed by atoms with Gasteiger partial charge < -0.3 is 0 Å². The van der Waals surface area contributed by atoms with E-state index in [-0.39, 0.29) is 11.0 Å². The fourth-order valence-electron chi connectivity index (χ4n) is 5.97. The first-order chi connectivity index (χ1) is 14.4. The van der Waals surface area contributed by atoms with E-state index in [1.807, 2.05) is 0 Å². The number of aryl methyl sites for hydroxylation is 2. The fourth-order valence-corrected chi connectivity index (χ4v) is 5.97. The zero-order chi connectivity index (χ0) is 21.3. The van der Waals surface area contributed by atoms with E-state index in [4.69, 9.17) is 0 Å². The van der Waals surface area contributed by atoms with E-state index in [2.05, 4.69) is 112 Å².